The topological polar surface area (TPSA) is 60.2 Å². The van der Waals surface area contributed by atoms with Gasteiger partial charge in [0, 0.05) is 30.5 Å². The number of rotatable bonds is 3. The quantitative estimate of drug-likeness (QED) is 0.704. The van der Waals surface area contributed by atoms with Gasteiger partial charge in [0.05, 0.1) is 18.4 Å². The first-order chi connectivity index (χ1) is 13.2. The van der Waals surface area contributed by atoms with Gasteiger partial charge in [-0.15, -0.1) is 0 Å². The zero-order valence-electron chi connectivity index (χ0n) is 15.3. The minimum atomic E-state index is -0.315. The number of benzene rings is 1. The summed E-state index contributed by atoms with van der Waals surface area (Å²) < 4.78 is 7.44. The highest BCUT2D eigenvalue weighted by Gasteiger charge is 2.25. The van der Waals surface area contributed by atoms with Crippen LogP contribution in [0.1, 0.15) is 24.6 Å². The second-order valence-electron chi connectivity index (χ2n) is 6.80. The van der Waals surface area contributed by atoms with E-state index in [1.54, 1.807) is 17.2 Å². The number of piperidine rings is 1. The number of likely N-dealkylation sites (tertiary alicyclic amines) is 1. The molecule has 138 valence electrons. The summed E-state index contributed by atoms with van der Waals surface area (Å²) in [5.74, 6) is 0.479. The maximum Gasteiger partial charge on any atom is 0.415 e. The first kappa shape index (κ1) is 17.3. The van der Waals surface area contributed by atoms with Gasteiger partial charge in [0.2, 0.25) is 0 Å². The molecule has 1 aromatic carbocycles. The molecule has 0 aliphatic carbocycles. The van der Waals surface area contributed by atoms with E-state index in [0.717, 1.165) is 29.7 Å². The molecule has 0 saturated carbocycles. The van der Waals surface area contributed by atoms with E-state index in [2.05, 4.69) is 28.4 Å². The van der Waals surface area contributed by atoms with Crippen LogP contribution in [0.5, 0.6) is 5.75 Å². The lowest BCUT2D eigenvalue weighted by Crippen LogP contribution is -2.40. The predicted molar refractivity (Wildman–Crippen MR) is 103 cm³/mol. The van der Waals surface area contributed by atoms with Crippen molar-refractivity contribution in [3.05, 3.63) is 66.7 Å². The molecule has 4 rings (SSSR count). The maximum absolute atomic E-state index is 12.3. The van der Waals surface area contributed by atoms with Gasteiger partial charge in [-0.05, 0) is 37.5 Å². The van der Waals surface area contributed by atoms with E-state index in [-0.39, 0.29) is 6.09 Å². The van der Waals surface area contributed by atoms with Crippen LogP contribution in [0.15, 0.2) is 61.1 Å². The molecule has 27 heavy (non-hydrogen) atoms. The van der Waals surface area contributed by atoms with Gasteiger partial charge in [-0.3, -0.25) is 9.67 Å². The summed E-state index contributed by atoms with van der Waals surface area (Å²) in [6.45, 7) is 3.21. The number of amides is 1. The first-order valence-corrected chi connectivity index (χ1v) is 9.18. The van der Waals surface area contributed by atoms with E-state index in [9.17, 15) is 4.79 Å². The first-order valence-electron chi connectivity index (χ1n) is 9.18. The number of aryl methyl sites for hydroxylation is 1. The summed E-state index contributed by atoms with van der Waals surface area (Å²) in [7, 11) is 0. The number of pyridine rings is 1. The van der Waals surface area contributed by atoms with Gasteiger partial charge in [0.15, 0.2) is 5.75 Å². The zero-order valence-corrected chi connectivity index (χ0v) is 15.3. The monoisotopic (exact) mass is 362 g/mol. The van der Waals surface area contributed by atoms with Crippen LogP contribution in [0.25, 0.3) is 11.1 Å². The average Bonchev–Trinajstić information content (AvgIpc) is 3.21. The summed E-state index contributed by atoms with van der Waals surface area (Å²) in [5.41, 5.74) is 3.17. The lowest BCUT2D eigenvalue weighted by Gasteiger charge is -2.31. The Kier molecular flexibility index (Phi) is 4.87. The Labute approximate surface area is 158 Å². The largest absolute Gasteiger partial charge is 0.415 e. The normalized spacial score (nSPS) is 14.9. The van der Waals surface area contributed by atoms with Gasteiger partial charge >= 0.3 is 6.09 Å². The predicted octanol–water partition coefficient (Wildman–Crippen LogP) is 4.09. The molecule has 0 N–H and O–H groups in total. The van der Waals surface area contributed by atoms with Crippen molar-refractivity contribution in [2.24, 2.45) is 0 Å². The van der Waals surface area contributed by atoms with Gasteiger partial charge in [-0.1, -0.05) is 30.3 Å². The summed E-state index contributed by atoms with van der Waals surface area (Å²) >= 11 is 0. The van der Waals surface area contributed by atoms with Crippen LogP contribution in [0, 0.1) is 6.92 Å². The molecule has 0 radical (unpaired) electrons. The molecule has 0 spiro atoms. The average molecular weight is 362 g/mol. The molecule has 0 unspecified atom stereocenters. The SMILES string of the molecule is Cc1ccc(OC(=O)N2CCC(n3cc(-c4ccccc4)cn3)CC2)cn1. The minimum absolute atomic E-state index is 0.299. The third kappa shape index (κ3) is 4.00. The Hall–Kier alpha value is -3.15. The van der Waals surface area contributed by atoms with E-state index in [1.165, 1.54) is 0 Å². The Morgan fingerprint density at radius 3 is 2.52 bits per heavy atom. The number of aromatic nitrogens is 3. The van der Waals surface area contributed by atoms with E-state index in [1.807, 2.05) is 42.1 Å². The second kappa shape index (κ2) is 7.61. The molecular formula is C21H22N4O2. The van der Waals surface area contributed by atoms with Crippen LogP contribution in [0.3, 0.4) is 0 Å². The molecule has 1 aliphatic heterocycles. The third-order valence-electron chi connectivity index (χ3n) is 4.89. The van der Waals surface area contributed by atoms with Crippen molar-refractivity contribution in [2.75, 3.05) is 13.1 Å². The van der Waals surface area contributed by atoms with Crippen LogP contribution >= 0.6 is 0 Å². The molecule has 2 aromatic heterocycles. The van der Waals surface area contributed by atoms with Gasteiger partial charge in [0.25, 0.3) is 0 Å². The third-order valence-corrected chi connectivity index (χ3v) is 4.89. The van der Waals surface area contributed by atoms with Crippen LogP contribution < -0.4 is 4.74 Å². The van der Waals surface area contributed by atoms with E-state index < -0.39 is 0 Å². The highest BCUT2D eigenvalue weighted by molar-refractivity contribution is 5.70. The number of hydrogen-bond acceptors (Lipinski definition) is 4. The highest BCUT2D eigenvalue weighted by Crippen LogP contribution is 2.26. The fourth-order valence-corrected chi connectivity index (χ4v) is 3.31. The summed E-state index contributed by atoms with van der Waals surface area (Å²) in [5, 5.41) is 4.54. The molecule has 1 saturated heterocycles. The van der Waals surface area contributed by atoms with E-state index >= 15 is 0 Å². The maximum atomic E-state index is 12.3. The van der Waals surface area contributed by atoms with Crippen LogP contribution in [-0.2, 0) is 0 Å². The Morgan fingerprint density at radius 1 is 1.04 bits per heavy atom. The fourth-order valence-electron chi connectivity index (χ4n) is 3.31. The van der Waals surface area contributed by atoms with Crippen molar-refractivity contribution in [1.29, 1.82) is 0 Å². The Morgan fingerprint density at radius 2 is 1.81 bits per heavy atom. The number of hydrogen-bond donors (Lipinski definition) is 0. The van der Waals surface area contributed by atoms with Crippen molar-refractivity contribution in [1.82, 2.24) is 19.7 Å². The van der Waals surface area contributed by atoms with Crippen molar-refractivity contribution < 1.29 is 9.53 Å². The van der Waals surface area contributed by atoms with Gasteiger partial charge < -0.3 is 9.64 Å². The molecule has 1 aliphatic rings. The van der Waals surface area contributed by atoms with Gasteiger partial charge in [0.1, 0.15) is 0 Å². The van der Waals surface area contributed by atoms with Crippen LogP contribution in [0.4, 0.5) is 4.79 Å². The van der Waals surface area contributed by atoms with Gasteiger partial charge in [-0.25, -0.2) is 4.79 Å². The molecule has 3 aromatic rings. The van der Waals surface area contributed by atoms with E-state index in [0.29, 0.717) is 24.9 Å². The number of ether oxygens (including phenoxy) is 1. The zero-order chi connectivity index (χ0) is 18.6. The number of carbonyl (C=O) groups is 1. The second-order valence-corrected chi connectivity index (χ2v) is 6.80. The molecular weight excluding hydrogens is 340 g/mol. The molecule has 3 heterocycles. The molecule has 6 heteroatoms. The molecule has 0 bridgehead atoms. The smallest absolute Gasteiger partial charge is 0.409 e. The molecule has 0 atom stereocenters. The Bertz CT molecular complexity index is 897. The van der Waals surface area contributed by atoms with Crippen molar-refractivity contribution in [3.8, 4) is 16.9 Å². The molecule has 6 nitrogen and oxygen atoms in total. The van der Waals surface area contributed by atoms with Crippen LogP contribution in [0.2, 0.25) is 0 Å². The van der Waals surface area contributed by atoms with E-state index in [4.69, 9.17) is 4.74 Å². The van der Waals surface area contributed by atoms with Gasteiger partial charge in [-0.2, -0.15) is 5.10 Å². The molecule has 1 fully saturated rings. The highest BCUT2D eigenvalue weighted by atomic mass is 16.6. The minimum Gasteiger partial charge on any atom is -0.409 e. The standard InChI is InChI=1S/C21H22N4O2/c1-16-7-8-20(14-22-16)27-21(26)24-11-9-19(10-12-24)25-15-18(13-23-25)17-5-3-2-4-6-17/h2-8,13-15,19H,9-12H2,1H3. The van der Waals surface area contributed by atoms with Crippen molar-refractivity contribution in [2.45, 2.75) is 25.8 Å². The number of nitrogens with zero attached hydrogens (tertiary/aromatic N) is 4. The Balaban J connectivity index is 1.34. The van der Waals surface area contributed by atoms with Crippen molar-refractivity contribution >= 4 is 6.09 Å². The fraction of sp³-hybridized carbons (Fsp3) is 0.286. The van der Waals surface area contributed by atoms with Crippen LogP contribution in [-0.4, -0.2) is 38.8 Å². The summed E-state index contributed by atoms with van der Waals surface area (Å²) in [4.78, 5) is 18.2. The lowest BCUT2D eigenvalue weighted by atomic mass is 10.1. The summed E-state index contributed by atoms with van der Waals surface area (Å²) in [6, 6.07) is 14.1. The summed E-state index contributed by atoms with van der Waals surface area (Å²) in [6.07, 6.45) is 6.97. The van der Waals surface area contributed by atoms with Crippen molar-refractivity contribution in [3.63, 3.8) is 0 Å². The lowest BCUT2D eigenvalue weighted by molar-refractivity contribution is 0.130. The molecule has 1 amide bonds. The number of carbonyl (C=O) groups excluding carboxylic acids is 1.